The van der Waals surface area contributed by atoms with Crippen molar-refractivity contribution in [1.82, 2.24) is 4.90 Å². The Kier molecular flexibility index (Phi) is 3.02. The van der Waals surface area contributed by atoms with Crippen LogP contribution in [0.3, 0.4) is 0 Å². The molecule has 0 amide bonds. The van der Waals surface area contributed by atoms with Crippen LogP contribution in [0.4, 0.5) is 0 Å². The van der Waals surface area contributed by atoms with Gasteiger partial charge in [0.15, 0.2) is 5.78 Å². The van der Waals surface area contributed by atoms with Gasteiger partial charge in [-0.1, -0.05) is 12.5 Å². The molecule has 14 heavy (non-hydrogen) atoms. The minimum atomic E-state index is 0.393. The second-order valence-corrected chi connectivity index (χ2v) is 4.51. The number of Topliss-reactive ketones (excluding diaryl/α,β-unsaturated/α-hetero) is 1. The van der Waals surface area contributed by atoms with E-state index in [1.165, 1.54) is 25.8 Å². The predicted octanol–water partition coefficient (Wildman–Crippen LogP) is 2.15. The molecule has 1 saturated carbocycles. The van der Waals surface area contributed by atoms with E-state index < -0.39 is 0 Å². The molecule has 0 aromatic heterocycles. The highest BCUT2D eigenvalue weighted by Gasteiger charge is 2.22. The van der Waals surface area contributed by atoms with Gasteiger partial charge in [0, 0.05) is 12.5 Å². The van der Waals surface area contributed by atoms with Crippen molar-refractivity contribution in [1.29, 1.82) is 0 Å². The van der Waals surface area contributed by atoms with Crippen LogP contribution in [0.2, 0.25) is 0 Å². The van der Waals surface area contributed by atoms with Crippen molar-refractivity contribution in [3.05, 3.63) is 11.6 Å². The van der Waals surface area contributed by atoms with E-state index in [2.05, 4.69) is 18.0 Å². The average molecular weight is 193 g/mol. The summed E-state index contributed by atoms with van der Waals surface area (Å²) in [5.74, 6) is 0.393. The van der Waals surface area contributed by atoms with Crippen LogP contribution in [0.15, 0.2) is 11.6 Å². The van der Waals surface area contributed by atoms with Gasteiger partial charge in [0.25, 0.3) is 0 Å². The largest absolute Gasteiger partial charge is 0.300 e. The van der Waals surface area contributed by atoms with Crippen LogP contribution in [0.25, 0.3) is 0 Å². The van der Waals surface area contributed by atoms with E-state index in [1.54, 1.807) is 0 Å². The van der Waals surface area contributed by atoms with Crippen molar-refractivity contribution in [3.8, 4) is 0 Å². The van der Waals surface area contributed by atoms with Crippen LogP contribution < -0.4 is 0 Å². The van der Waals surface area contributed by atoms with Crippen LogP contribution in [0.5, 0.6) is 0 Å². The predicted molar refractivity (Wildman–Crippen MR) is 57.2 cm³/mol. The monoisotopic (exact) mass is 193 g/mol. The highest BCUT2D eigenvalue weighted by atomic mass is 16.1. The van der Waals surface area contributed by atoms with Gasteiger partial charge >= 0.3 is 0 Å². The summed E-state index contributed by atoms with van der Waals surface area (Å²) in [6.07, 6.45) is 8.95. The highest BCUT2D eigenvalue weighted by Crippen LogP contribution is 2.24. The number of rotatable bonds is 1. The summed E-state index contributed by atoms with van der Waals surface area (Å²) in [6.45, 7) is 1.18. The molecule has 2 rings (SSSR count). The molecule has 0 N–H and O–H groups in total. The van der Waals surface area contributed by atoms with Crippen molar-refractivity contribution < 1.29 is 4.79 Å². The summed E-state index contributed by atoms with van der Waals surface area (Å²) in [6, 6.07) is 0.529. The highest BCUT2D eigenvalue weighted by molar-refractivity contribution is 5.97. The van der Waals surface area contributed by atoms with Gasteiger partial charge < -0.3 is 0 Å². The van der Waals surface area contributed by atoms with E-state index in [9.17, 15) is 4.79 Å². The van der Waals surface area contributed by atoms with Gasteiger partial charge in [-0.15, -0.1) is 0 Å². The van der Waals surface area contributed by atoms with Crippen LogP contribution in [-0.2, 0) is 4.79 Å². The number of ketones is 1. The number of hydrogen-bond acceptors (Lipinski definition) is 2. The quantitative estimate of drug-likeness (QED) is 0.595. The van der Waals surface area contributed by atoms with Gasteiger partial charge in [-0.25, -0.2) is 0 Å². The molecule has 1 atom stereocenters. The lowest BCUT2D eigenvalue weighted by molar-refractivity contribution is -0.114. The molecule has 78 valence electrons. The molecule has 0 spiro atoms. The van der Waals surface area contributed by atoms with Crippen molar-refractivity contribution in [2.75, 3.05) is 13.6 Å². The first kappa shape index (κ1) is 9.91. The van der Waals surface area contributed by atoms with Crippen molar-refractivity contribution in [3.63, 3.8) is 0 Å². The van der Waals surface area contributed by atoms with Gasteiger partial charge in [-0.3, -0.25) is 9.69 Å². The molecular formula is C12H19NO. The van der Waals surface area contributed by atoms with Gasteiger partial charge in [-0.05, 0) is 44.8 Å². The number of allylic oxidation sites excluding steroid dienone is 1. The zero-order chi connectivity index (χ0) is 9.97. The van der Waals surface area contributed by atoms with Gasteiger partial charge in [0.1, 0.15) is 0 Å². The first-order valence-corrected chi connectivity index (χ1v) is 5.71. The number of carbonyl (C=O) groups is 1. The molecule has 1 aliphatic carbocycles. The standard InChI is InChI=1S/C12H19NO/c1-13-8-3-2-6-11(13)9-10-5-4-7-12(10)14/h9,11H,2-8H2,1H3/b10-9+. The number of hydrogen-bond donors (Lipinski definition) is 0. The molecule has 2 heteroatoms. The van der Waals surface area contributed by atoms with E-state index in [0.717, 1.165) is 24.8 Å². The fraction of sp³-hybridized carbons (Fsp3) is 0.750. The maximum Gasteiger partial charge on any atom is 0.158 e. The maximum atomic E-state index is 11.5. The fourth-order valence-corrected chi connectivity index (χ4v) is 2.46. The Labute approximate surface area is 86.0 Å². The Morgan fingerprint density at radius 3 is 2.79 bits per heavy atom. The summed E-state index contributed by atoms with van der Waals surface area (Å²) in [4.78, 5) is 13.8. The lowest BCUT2D eigenvalue weighted by atomic mass is 10.00. The first-order chi connectivity index (χ1) is 6.77. The molecule has 0 aromatic rings. The van der Waals surface area contributed by atoms with Gasteiger partial charge in [-0.2, -0.15) is 0 Å². The van der Waals surface area contributed by atoms with E-state index in [-0.39, 0.29) is 0 Å². The fourth-order valence-electron chi connectivity index (χ4n) is 2.46. The lowest BCUT2D eigenvalue weighted by Crippen LogP contribution is -2.35. The minimum absolute atomic E-state index is 0.393. The molecule has 1 saturated heterocycles. The minimum Gasteiger partial charge on any atom is -0.300 e. The summed E-state index contributed by atoms with van der Waals surface area (Å²) >= 11 is 0. The van der Waals surface area contributed by atoms with Crippen LogP contribution in [0.1, 0.15) is 38.5 Å². The molecule has 1 heterocycles. The zero-order valence-electron chi connectivity index (χ0n) is 8.96. The van der Waals surface area contributed by atoms with Crippen LogP contribution in [0, 0.1) is 0 Å². The number of piperidine rings is 1. The number of likely N-dealkylation sites (N-methyl/N-ethyl adjacent to an activating group) is 1. The molecule has 0 aromatic carbocycles. The van der Waals surface area contributed by atoms with E-state index in [4.69, 9.17) is 0 Å². The molecule has 2 nitrogen and oxygen atoms in total. The third-order valence-electron chi connectivity index (χ3n) is 3.43. The lowest BCUT2D eigenvalue weighted by Gasteiger charge is -2.30. The number of carbonyl (C=O) groups excluding carboxylic acids is 1. The third kappa shape index (κ3) is 2.06. The number of likely N-dealkylation sites (tertiary alicyclic amines) is 1. The smallest absolute Gasteiger partial charge is 0.158 e. The third-order valence-corrected chi connectivity index (χ3v) is 3.43. The van der Waals surface area contributed by atoms with Crippen molar-refractivity contribution in [2.45, 2.75) is 44.6 Å². The molecule has 1 aliphatic heterocycles. The van der Waals surface area contributed by atoms with Crippen LogP contribution >= 0.6 is 0 Å². The Hall–Kier alpha value is -0.630. The molecule has 0 radical (unpaired) electrons. The average Bonchev–Trinajstić information content (AvgIpc) is 2.56. The molecule has 2 fully saturated rings. The topological polar surface area (TPSA) is 20.3 Å². The van der Waals surface area contributed by atoms with Crippen LogP contribution in [-0.4, -0.2) is 30.3 Å². The first-order valence-electron chi connectivity index (χ1n) is 5.71. The van der Waals surface area contributed by atoms with E-state index in [0.29, 0.717) is 11.8 Å². The number of nitrogens with zero attached hydrogens (tertiary/aromatic N) is 1. The maximum absolute atomic E-state index is 11.5. The summed E-state index contributed by atoms with van der Waals surface area (Å²) in [5, 5.41) is 0. The molecule has 0 bridgehead atoms. The molecule has 2 aliphatic rings. The Bertz CT molecular complexity index is 257. The van der Waals surface area contributed by atoms with Gasteiger partial charge in [0.2, 0.25) is 0 Å². The normalized spacial score (nSPS) is 32.8. The summed E-state index contributed by atoms with van der Waals surface area (Å²) in [5.41, 5.74) is 1.10. The second-order valence-electron chi connectivity index (χ2n) is 4.51. The Morgan fingerprint density at radius 1 is 1.29 bits per heavy atom. The zero-order valence-corrected chi connectivity index (χ0v) is 8.96. The second kappa shape index (κ2) is 4.26. The van der Waals surface area contributed by atoms with E-state index >= 15 is 0 Å². The Morgan fingerprint density at radius 2 is 2.14 bits per heavy atom. The van der Waals surface area contributed by atoms with Crippen molar-refractivity contribution in [2.24, 2.45) is 0 Å². The van der Waals surface area contributed by atoms with Gasteiger partial charge in [0.05, 0.1) is 0 Å². The Balaban J connectivity index is 2.03. The summed E-state index contributed by atoms with van der Waals surface area (Å²) < 4.78 is 0. The SMILES string of the molecule is CN1CCCCC1/C=C1\CCCC1=O. The van der Waals surface area contributed by atoms with E-state index in [1.807, 2.05) is 0 Å². The molecular weight excluding hydrogens is 174 g/mol. The summed E-state index contributed by atoms with van der Waals surface area (Å²) in [7, 11) is 2.17. The molecule has 1 unspecified atom stereocenters. The van der Waals surface area contributed by atoms with Crippen molar-refractivity contribution >= 4 is 5.78 Å².